The van der Waals surface area contributed by atoms with Crippen LogP contribution < -0.4 is 10.6 Å². The fourth-order valence-electron chi connectivity index (χ4n) is 2.63. The van der Waals surface area contributed by atoms with Gasteiger partial charge in [-0.1, -0.05) is 26.2 Å². The molecule has 3 N–H and O–H groups in total. The van der Waals surface area contributed by atoms with Gasteiger partial charge in [-0.3, -0.25) is 9.78 Å². The molecule has 1 aromatic heterocycles. The molecule has 1 heterocycles. The van der Waals surface area contributed by atoms with Crippen molar-refractivity contribution in [2.24, 2.45) is 0 Å². The summed E-state index contributed by atoms with van der Waals surface area (Å²) in [7, 11) is 0. The molecule has 21 heavy (non-hydrogen) atoms. The first-order valence-corrected chi connectivity index (χ1v) is 7.89. The van der Waals surface area contributed by atoms with Crippen molar-refractivity contribution in [2.75, 3.05) is 11.9 Å². The number of carbonyl (C=O) groups excluding carboxylic acids is 1. The minimum Gasteiger partial charge on any atom is -0.391 e. The Hall–Kier alpha value is -1.62. The lowest BCUT2D eigenvalue weighted by atomic mass is 10.1. The lowest BCUT2D eigenvalue weighted by Crippen LogP contribution is -2.42. The summed E-state index contributed by atoms with van der Waals surface area (Å²) >= 11 is 0. The van der Waals surface area contributed by atoms with Crippen molar-refractivity contribution in [3.63, 3.8) is 0 Å². The van der Waals surface area contributed by atoms with E-state index in [4.69, 9.17) is 0 Å². The van der Waals surface area contributed by atoms with E-state index < -0.39 is 6.10 Å². The molecule has 2 unspecified atom stereocenters. The molecule has 0 radical (unpaired) electrons. The minimum atomic E-state index is -0.446. The molecule has 1 aliphatic rings. The van der Waals surface area contributed by atoms with Crippen molar-refractivity contribution in [3.05, 3.63) is 24.0 Å². The zero-order chi connectivity index (χ0) is 15.1. The quantitative estimate of drug-likeness (QED) is 0.728. The van der Waals surface area contributed by atoms with Crippen molar-refractivity contribution in [2.45, 2.75) is 57.6 Å². The van der Waals surface area contributed by atoms with Crippen LogP contribution >= 0.6 is 0 Å². The number of nitrogens with one attached hydrogen (secondary N) is 2. The van der Waals surface area contributed by atoms with E-state index in [9.17, 15) is 9.90 Å². The SMILES string of the molecule is CCCNc1ccnc(C(=O)NC2CCCCCC2O)c1. The number of hydrogen-bond donors (Lipinski definition) is 3. The molecule has 1 aliphatic carbocycles. The Balaban J connectivity index is 1.98. The number of pyridine rings is 1. The highest BCUT2D eigenvalue weighted by molar-refractivity contribution is 5.93. The fourth-order valence-corrected chi connectivity index (χ4v) is 2.63. The summed E-state index contributed by atoms with van der Waals surface area (Å²) in [6.45, 7) is 2.96. The van der Waals surface area contributed by atoms with E-state index in [1.54, 1.807) is 12.3 Å². The number of rotatable bonds is 5. The van der Waals surface area contributed by atoms with Crippen LogP contribution in [0.15, 0.2) is 18.3 Å². The zero-order valence-corrected chi connectivity index (χ0v) is 12.6. The molecule has 0 aromatic carbocycles. The van der Waals surface area contributed by atoms with Gasteiger partial charge in [-0.15, -0.1) is 0 Å². The van der Waals surface area contributed by atoms with Crippen molar-refractivity contribution >= 4 is 11.6 Å². The number of aromatic nitrogens is 1. The maximum absolute atomic E-state index is 12.3. The highest BCUT2D eigenvalue weighted by Crippen LogP contribution is 2.18. The van der Waals surface area contributed by atoms with Crippen molar-refractivity contribution in [1.82, 2.24) is 10.3 Å². The second-order valence-electron chi connectivity index (χ2n) is 5.64. The van der Waals surface area contributed by atoms with Crippen LogP contribution in [0.4, 0.5) is 5.69 Å². The number of aliphatic hydroxyl groups is 1. The number of nitrogens with zero attached hydrogens (tertiary/aromatic N) is 1. The molecule has 0 bridgehead atoms. The van der Waals surface area contributed by atoms with E-state index in [2.05, 4.69) is 22.5 Å². The summed E-state index contributed by atoms with van der Waals surface area (Å²) in [6.07, 6.45) is 7.01. The predicted octanol–water partition coefficient (Wildman–Crippen LogP) is 2.33. The lowest BCUT2D eigenvalue weighted by molar-refractivity contribution is 0.0814. The summed E-state index contributed by atoms with van der Waals surface area (Å²) in [6, 6.07) is 3.45. The molecule has 0 aliphatic heterocycles. The van der Waals surface area contributed by atoms with Gasteiger partial charge in [-0.2, -0.15) is 0 Å². The topological polar surface area (TPSA) is 74.2 Å². The van der Waals surface area contributed by atoms with Gasteiger partial charge >= 0.3 is 0 Å². The Morgan fingerprint density at radius 3 is 3.00 bits per heavy atom. The smallest absolute Gasteiger partial charge is 0.270 e. The molecule has 0 saturated heterocycles. The normalized spacial score (nSPS) is 22.4. The first kappa shape index (κ1) is 15.8. The van der Waals surface area contributed by atoms with Gasteiger partial charge in [0.15, 0.2) is 0 Å². The van der Waals surface area contributed by atoms with Gasteiger partial charge in [0.1, 0.15) is 5.69 Å². The molecule has 1 saturated carbocycles. The van der Waals surface area contributed by atoms with Crippen LogP contribution in [0, 0.1) is 0 Å². The third-order valence-corrected chi connectivity index (χ3v) is 3.87. The molecule has 1 aromatic rings. The van der Waals surface area contributed by atoms with Crippen molar-refractivity contribution in [1.29, 1.82) is 0 Å². The lowest BCUT2D eigenvalue weighted by Gasteiger charge is -2.21. The molecule has 2 rings (SSSR count). The molecule has 2 atom stereocenters. The number of carbonyl (C=O) groups is 1. The fraction of sp³-hybridized carbons (Fsp3) is 0.625. The molecule has 116 valence electrons. The van der Waals surface area contributed by atoms with Crippen LogP contribution in [0.25, 0.3) is 0 Å². The van der Waals surface area contributed by atoms with E-state index >= 15 is 0 Å². The Kier molecular flexibility index (Phi) is 5.99. The minimum absolute atomic E-state index is 0.158. The van der Waals surface area contributed by atoms with Crippen LogP contribution in [-0.4, -0.2) is 34.7 Å². The van der Waals surface area contributed by atoms with Gasteiger partial charge < -0.3 is 15.7 Å². The van der Waals surface area contributed by atoms with Gasteiger partial charge in [-0.05, 0) is 31.4 Å². The molecule has 5 heteroatoms. The Bertz CT molecular complexity index is 465. The maximum atomic E-state index is 12.3. The molecule has 1 fully saturated rings. The Morgan fingerprint density at radius 1 is 1.38 bits per heavy atom. The van der Waals surface area contributed by atoms with Crippen molar-refractivity contribution < 1.29 is 9.90 Å². The van der Waals surface area contributed by atoms with E-state index in [0.717, 1.165) is 50.8 Å². The zero-order valence-electron chi connectivity index (χ0n) is 12.6. The molecule has 5 nitrogen and oxygen atoms in total. The van der Waals surface area contributed by atoms with E-state index in [0.29, 0.717) is 5.69 Å². The number of hydrogen-bond acceptors (Lipinski definition) is 4. The van der Waals surface area contributed by atoms with Crippen molar-refractivity contribution in [3.8, 4) is 0 Å². The number of anilines is 1. The van der Waals surface area contributed by atoms with E-state index in [1.807, 2.05) is 6.07 Å². The highest BCUT2D eigenvalue weighted by Gasteiger charge is 2.24. The third-order valence-electron chi connectivity index (χ3n) is 3.87. The first-order chi connectivity index (χ1) is 10.2. The second kappa shape index (κ2) is 7.98. The summed E-state index contributed by atoms with van der Waals surface area (Å²) in [5.41, 5.74) is 1.30. The van der Waals surface area contributed by atoms with Gasteiger partial charge in [0, 0.05) is 18.4 Å². The third kappa shape index (κ3) is 4.70. The summed E-state index contributed by atoms with van der Waals surface area (Å²) in [4.78, 5) is 16.4. The summed E-state index contributed by atoms with van der Waals surface area (Å²) in [5, 5.41) is 16.2. The molecule has 0 spiro atoms. The van der Waals surface area contributed by atoms with E-state index in [1.165, 1.54) is 0 Å². The monoisotopic (exact) mass is 291 g/mol. The number of amides is 1. The maximum Gasteiger partial charge on any atom is 0.270 e. The summed E-state index contributed by atoms with van der Waals surface area (Å²) in [5.74, 6) is -0.207. The van der Waals surface area contributed by atoms with Crippen LogP contribution in [0.1, 0.15) is 55.9 Å². The van der Waals surface area contributed by atoms with Gasteiger partial charge in [0.25, 0.3) is 5.91 Å². The molecular weight excluding hydrogens is 266 g/mol. The molecular formula is C16H25N3O2. The molecule has 1 amide bonds. The Morgan fingerprint density at radius 2 is 2.19 bits per heavy atom. The first-order valence-electron chi connectivity index (χ1n) is 7.89. The van der Waals surface area contributed by atoms with Crippen LogP contribution in [0.2, 0.25) is 0 Å². The van der Waals surface area contributed by atoms with Gasteiger partial charge in [-0.25, -0.2) is 0 Å². The number of aliphatic hydroxyl groups excluding tert-OH is 1. The standard InChI is InChI=1S/C16H25N3O2/c1-2-9-17-12-8-10-18-14(11-12)16(21)19-13-6-4-3-5-7-15(13)20/h8,10-11,13,15,20H,2-7,9H2,1H3,(H,17,18)(H,19,21). The second-order valence-corrected chi connectivity index (χ2v) is 5.64. The average molecular weight is 291 g/mol. The van der Waals surface area contributed by atoms with Gasteiger partial charge in [0.2, 0.25) is 0 Å². The van der Waals surface area contributed by atoms with Crippen LogP contribution in [0.5, 0.6) is 0 Å². The Labute approximate surface area is 126 Å². The summed E-state index contributed by atoms with van der Waals surface area (Å²) < 4.78 is 0. The van der Waals surface area contributed by atoms with Crippen LogP contribution in [0.3, 0.4) is 0 Å². The van der Waals surface area contributed by atoms with Crippen LogP contribution in [-0.2, 0) is 0 Å². The predicted molar refractivity (Wildman–Crippen MR) is 83.4 cm³/mol. The largest absolute Gasteiger partial charge is 0.391 e. The van der Waals surface area contributed by atoms with Gasteiger partial charge in [0.05, 0.1) is 12.1 Å². The highest BCUT2D eigenvalue weighted by atomic mass is 16.3. The van der Waals surface area contributed by atoms with E-state index in [-0.39, 0.29) is 11.9 Å². The average Bonchev–Trinajstić information content (AvgIpc) is 2.70.